The summed E-state index contributed by atoms with van der Waals surface area (Å²) in [5.41, 5.74) is -0.319. The maximum Gasteiger partial charge on any atom is 0.338 e. The van der Waals surface area contributed by atoms with E-state index >= 15 is 0 Å². The highest BCUT2D eigenvalue weighted by Gasteiger charge is 2.44. The van der Waals surface area contributed by atoms with Gasteiger partial charge in [0, 0.05) is 0 Å². The Labute approximate surface area is 124 Å². The molecule has 1 heterocycles. The highest BCUT2D eigenvalue weighted by molar-refractivity contribution is 5.91. The van der Waals surface area contributed by atoms with Crippen molar-refractivity contribution >= 4 is 5.97 Å². The summed E-state index contributed by atoms with van der Waals surface area (Å²) in [4.78, 5) is 12.0. The van der Waals surface area contributed by atoms with E-state index in [-0.39, 0.29) is 5.56 Å². The van der Waals surface area contributed by atoms with E-state index < -0.39 is 53.9 Å². The molecule has 1 aromatic rings. The Morgan fingerprint density at radius 1 is 1.09 bits per heavy atom. The summed E-state index contributed by atoms with van der Waals surface area (Å²) in [7, 11) is 0. The number of aliphatic hydroxyl groups excluding tert-OH is 3. The predicted octanol–water partition coefficient (Wildman–Crippen LogP) is -1.21. The SMILES string of the molecule is C[C@H]1OC(O)[C@@H](O)[C@@H](OC(=O)c2cc(O)c(O)c(O)c2)[C@@H]1O. The number of carbonyl (C=O) groups excluding carboxylic acids is 1. The van der Waals surface area contributed by atoms with Gasteiger partial charge in [-0.15, -0.1) is 0 Å². The lowest BCUT2D eigenvalue weighted by atomic mass is 9.99. The molecule has 2 rings (SSSR count). The van der Waals surface area contributed by atoms with E-state index in [9.17, 15) is 35.4 Å². The molecule has 1 fully saturated rings. The third kappa shape index (κ3) is 2.92. The van der Waals surface area contributed by atoms with Crippen LogP contribution >= 0.6 is 0 Å². The average molecular weight is 316 g/mol. The highest BCUT2D eigenvalue weighted by Crippen LogP contribution is 2.35. The summed E-state index contributed by atoms with van der Waals surface area (Å²) >= 11 is 0. The maximum absolute atomic E-state index is 12.0. The summed E-state index contributed by atoms with van der Waals surface area (Å²) in [6, 6.07) is 1.69. The van der Waals surface area contributed by atoms with Gasteiger partial charge in [0.05, 0.1) is 11.7 Å². The number of hydrogen-bond donors (Lipinski definition) is 6. The summed E-state index contributed by atoms with van der Waals surface area (Å²) in [5, 5.41) is 56.9. The Morgan fingerprint density at radius 3 is 2.18 bits per heavy atom. The number of hydrogen-bond acceptors (Lipinski definition) is 9. The normalized spacial score (nSPS) is 31.7. The molecule has 0 radical (unpaired) electrons. The molecule has 1 aliphatic heterocycles. The molecule has 1 aromatic carbocycles. The first kappa shape index (κ1) is 16.3. The van der Waals surface area contributed by atoms with Crippen molar-refractivity contribution in [3.05, 3.63) is 17.7 Å². The number of carbonyl (C=O) groups is 1. The Morgan fingerprint density at radius 2 is 1.64 bits per heavy atom. The van der Waals surface area contributed by atoms with Crippen LogP contribution in [0.1, 0.15) is 17.3 Å². The van der Waals surface area contributed by atoms with Crippen LogP contribution in [0, 0.1) is 0 Å². The number of aliphatic hydroxyl groups is 3. The molecule has 5 atom stereocenters. The minimum atomic E-state index is -1.67. The zero-order valence-corrected chi connectivity index (χ0v) is 11.4. The topological polar surface area (TPSA) is 157 Å². The van der Waals surface area contributed by atoms with Gasteiger partial charge in [-0.25, -0.2) is 4.79 Å². The summed E-state index contributed by atoms with van der Waals surface area (Å²) in [6.45, 7) is 1.42. The molecule has 0 amide bonds. The molecule has 0 bridgehead atoms. The van der Waals surface area contributed by atoms with E-state index in [1.54, 1.807) is 0 Å². The third-order valence-electron chi connectivity index (χ3n) is 3.35. The summed E-state index contributed by atoms with van der Waals surface area (Å²) in [5.74, 6) is -3.37. The maximum atomic E-state index is 12.0. The van der Waals surface area contributed by atoms with Crippen LogP contribution in [0.3, 0.4) is 0 Å². The molecule has 122 valence electrons. The molecule has 9 nitrogen and oxygen atoms in total. The van der Waals surface area contributed by atoms with Gasteiger partial charge >= 0.3 is 5.97 Å². The molecule has 0 aliphatic carbocycles. The van der Waals surface area contributed by atoms with Crippen molar-refractivity contribution in [2.24, 2.45) is 0 Å². The predicted molar refractivity (Wildman–Crippen MR) is 69.2 cm³/mol. The average Bonchev–Trinajstić information content (AvgIpc) is 2.46. The van der Waals surface area contributed by atoms with Crippen molar-refractivity contribution in [1.82, 2.24) is 0 Å². The Kier molecular flexibility index (Phi) is 4.42. The van der Waals surface area contributed by atoms with Crippen LogP contribution in [0.4, 0.5) is 0 Å². The van der Waals surface area contributed by atoms with Crippen LogP contribution in [0.25, 0.3) is 0 Å². The lowest BCUT2D eigenvalue weighted by Gasteiger charge is -2.38. The molecule has 9 heteroatoms. The van der Waals surface area contributed by atoms with Gasteiger partial charge in [0.25, 0.3) is 0 Å². The first-order chi connectivity index (χ1) is 10.2. The van der Waals surface area contributed by atoms with Crippen LogP contribution in [0.15, 0.2) is 12.1 Å². The van der Waals surface area contributed by atoms with Crippen LogP contribution in [-0.4, -0.2) is 67.3 Å². The number of phenolic OH excluding ortho intramolecular Hbond substituents is 3. The zero-order valence-electron chi connectivity index (χ0n) is 11.4. The number of aromatic hydroxyl groups is 3. The Bertz CT molecular complexity index is 536. The molecule has 0 saturated carbocycles. The molecule has 0 spiro atoms. The second-order valence-corrected chi connectivity index (χ2v) is 4.95. The highest BCUT2D eigenvalue weighted by atomic mass is 16.6. The lowest BCUT2D eigenvalue weighted by molar-refractivity contribution is -0.276. The van der Waals surface area contributed by atoms with Gasteiger partial charge in [0.1, 0.15) is 12.2 Å². The Hall–Kier alpha value is -2.07. The summed E-state index contributed by atoms with van der Waals surface area (Å²) < 4.78 is 9.74. The van der Waals surface area contributed by atoms with Gasteiger partial charge in [0.15, 0.2) is 29.6 Å². The van der Waals surface area contributed by atoms with Crippen molar-refractivity contribution < 1.29 is 44.9 Å². The van der Waals surface area contributed by atoms with E-state index in [0.29, 0.717) is 0 Å². The van der Waals surface area contributed by atoms with Gasteiger partial charge in [-0.05, 0) is 19.1 Å². The fourth-order valence-corrected chi connectivity index (χ4v) is 2.07. The van der Waals surface area contributed by atoms with E-state index in [1.165, 1.54) is 6.92 Å². The van der Waals surface area contributed by atoms with Crippen molar-refractivity contribution in [1.29, 1.82) is 0 Å². The van der Waals surface area contributed by atoms with Gasteiger partial charge in [-0.3, -0.25) is 0 Å². The molecule has 6 N–H and O–H groups in total. The molecule has 22 heavy (non-hydrogen) atoms. The molecular weight excluding hydrogens is 300 g/mol. The fraction of sp³-hybridized carbons (Fsp3) is 0.462. The zero-order chi connectivity index (χ0) is 16.6. The van der Waals surface area contributed by atoms with Crippen LogP contribution in [0.2, 0.25) is 0 Å². The number of rotatable bonds is 2. The van der Waals surface area contributed by atoms with Crippen molar-refractivity contribution in [3.63, 3.8) is 0 Å². The molecule has 0 aromatic heterocycles. The van der Waals surface area contributed by atoms with E-state index in [0.717, 1.165) is 12.1 Å². The minimum Gasteiger partial charge on any atom is -0.504 e. The molecule has 1 aliphatic rings. The third-order valence-corrected chi connectivity index (χ3v) is 3.35. The van der Waals surface area contributed by atoms with Crippen molar-refractivity contribution in [2.75, 3.05) is 0 Å². The van der Waals surface area contributed by atoms with Crippen LogP contribution in [-0.2, 0) is 9.47 Å². The second kappa shape index (κ2) is 5.97. The number of ether oxygens (including phenoxy) is 2. The summed E-state index contributed by atoms with van der Waals surface area (Å²) in [6.07, 6.45) is -7.06. The monoisotopic (exact) mass is 316 g/mol. The number of esters is 1. The first-order valence-electron chi connectivity index (χ1n) is 6.38. The van der Waals surface area contributed by atoms with Gasteiger partial charge < -0.3 is 40.1 Å². The van der Waals surface area contributed by atoms with E-state index in [1.807, 2.05) is 0 Å². The standard InChI is InChI=1S/C13H16O9/c1-4-8(16)11(10(18)13(20)21-4)22-12(19)5-2-6(14)9(17)7(15)3-5/h2-4,8,10-11,13-18,20H,1H3/t4-,8-,10+,11+,13?/m1/s1. The van der Waals surface area contributed by atoms with Crippen LogP contribution < -0.4 is 0 Å². The second-order valence-electron chi connectivity index (χ2n) is 4.95. The van der Waals surface area contributed by atoms with E-state index in [2.05, 4.69) is 0 Å². The quantitative estimate of drug-likeness (QED) is 0.291. The molecule has 1 unspecified atom stereocenters. The first-order valence-corrected chi connectivity index (χ1v) is 6.38. The van der Waals surface area contributed by atoms with Gasteiger partial charge in [-0.1, -0.05) is 0 Å². The van der Waals surface area contributed by atoms with Crippen molar-refractivity contribution in [3.8, 4) is 17.2 Å². The number of phenols is 3. The van der Waals surface area contributed by atoms with Gasteiger partial charge in [0.2, 0.25) is 0 Å². The van der Waals surface area contributed by atoms with Crippen LogP contribution in [0.5, 0.6) is 17.2 Å². The molecule has 1 saturated heterocycles. The lowest BCUT2D eigenvalue weighted by Crippen LogP contribution is -2.58. The number of benzene rings is 1. The van der Waals surface area contributed by atoms with Gasteiger partial charge in [-0.2, -0.15) is 0 Å². The fourth-order valence-electron chi connectivity index (χ4n) is 2.07. The van der Waals surface area contributed by atoms with E-state index in [4.69, 9.17) is 9.47 Å². The minimum absolute atomic E-state index is 0.319. The largest absolute Gasteiger partial charge is 0.504 e. The Balaban J connectivity index is 2.20. The molecular formula is C13H16O9. The van der Waals surface area contributed by atoms with Crippen molar-refractivity contribution in [2.45, 2.75) is 37.6 Å². The smallest absolute Gasteiger partial charge is 0.338 e.